The van der Waals surface area contributed by atoms with Gasteiger partial charge in [0.15, 0.2) is 9.84 Å². The third kappa shape index (κ3) is 3.71. The quantitative estimate of drug-likeness (QED) is 0.484. The number of aromatic amines is 1. The number of sulfone groups is 1. The van der Waals surface area contributed by atoms with Crippen LogP contribution in [0.15, 0.2) is 89.3 Å². The van der Waals surface area contributed by atoms with Crippen LogP contribution >= 0.6 is 0 Å². The Bertz CT molecular complexity index is 1520. The minimum absolute atomic E-state index is 0.179. The second kappa shape index (κ2) is 7.65. The number of fused-ring (bicyclic) bond motifs is 1. The first kappa shape index (κ1) is 21.0. The molecule has 33 heavy (non-hydrogen) atoms. The molecular weight excluding hydrogens is 436 g/mol. The lowest BCUT2D eigenvalue weighted by Crippen LogP contribution is -2.53. The Labute approximate surface area is 191 Å². The van der Waals surface area contributed by atoms with Gasteiger partial charge in [0.2, 0.25) is 5.79 Å². The van der Waals surface area contributed by atoms with Crippen LogP contribution in [-0.4, -0.2) is 35.3 Å². The monoisotopic (exact) mass is 458 g/mol. The van der Waals surface area contributed by atoms with Crippen molar-refractivity contribution in [2.75, 3.05) is 11.2 Å². The van der Waals surface area contributed by atoms with Gasteiger partial charge in [0, 0.05) is 41.2 Å². The number of imidazole rings is 1. The minimum atomic E-state index is -3.43. The van der Waals surface area contributed by atoms with Gasteiger partial charge in [-0.05, 0) is 55.5 Å². The smallest absolute Gasteiger partial charge is 0.216 e. The average Bonchev–Trinajstić information content (AvgIpc) is 3.26. The van der Waals surface area contributed by atoms with Crippen molar-refractivity contribution < 1.29 is 8.42 Å². The number of aliphatic imine (C=N–C) groups is 1. The van der Waals surface area contributed by atoms with Crippen molar-refractivity contribution in [2.45, 2.75) is 17.6 Å². The highest BCUT2D eigenvalue weighted by atomic mass is 32.2. The molecule has 0 fully saturated rings. The van der Waals surface area contributed by atoms with E-state index in [0.29, 0.717) is 11.3 Å². The fourth-order valence-electron chi connectivity index (χ4n) is 4.07. The summed E-state index contributed by atoms with van der Waals surface area (Å²) in [5.41, 5.74) is 12.4. The van der Waals surface area contributed by atoms with E-state index < -0.39 is 15.6 Å². The van der Waals surface area contributed by atoms with Gasteiger partial charge in [-0.3, -0.25) is 15.6 Å². The van der Waals surface area contributed by atoms with Crippen molar-refractivity contribution in [1.82, 2.24) is 15.0 Å². The van der Waals surface area contributed by atoms with Crippen molar-refractivity contribution in [3.05, 3.63) is 90.5 Å². The highest BCUT2D eigenvalue weighted by Gasteiger charge is 2.40. The zero-order valence-corrected chi connectivity index (χ0v) is 18.9. The maximum Gasteiger partial charge on any atom is 0.216 e. The van der Waals surface area contributed by atoms with E-state index in [4.69, 9.17) is 10.7 Å². The van der Waals surface area contributed by atoms with E-state index in [1.165, 1.54) is 6.26 Å². The molecule has 1 aliphatic heterocycles. The van der Waals surface area contributed by atoms with Crippen molar-refractivity contribution in [2.24, 2.45) is 10.7 Å². The van der Waals surface area contributed by atoms with Crippen LogP contribution in [0.5, 0.6) is 0 Å². The number of hydrogen-bond donors (Lipinski definition) is 2. The van der Waals surface area contributed by atoms with Gasteiger partial charge >= 0.3 is 0 Å². The van der Waals surface area contributed by atoms with Crippen molar-refractivity contribution >= 4 is 38.0 Å². The zero-order chi connectivity index (χ0) is 23.2. The number of H-pyrrole nitrogens is 1. The summed E-state index contributed by atoms with van der Waals surface area (Å²) in [6, 6.07) is 16.2. The number of nitrogens with zero attached hydrogens (tertiary/aromatic N) is 4. The third-order valence-electron chi connectivity index (χ3n) is 5.58. The number of allylic oxidation sites excluding steroid dienone is 1. The molecule has 3 N–H and O–H groups in total. The van der Waals surface area contributed by atoms with E-state index >= 15 is 0 Å². The molecular formula is C24H22N6O2S. The molecule has 0 amide bonds. The molecule has 4 aromatic rings. The standard InChI is InChI=1S/C24H22N6O2S/c1-16-11-23(17-5-4-10-26-14-17)30(19-8-9-21-22(13-19)28-15-27-21)24(25,29-16)18-6-3-7-20(12-18)33(2,31)32/h3-15H,25H2,1-2H3,(H,27,28). The summed E-state index contributed by atoms with van der Waals surface area (Å²) < 4.78 is 24.5. The van der Waals surface area contributed by atoms with E-state index in [1.807, 2.05) is 48.2 Å². The number of aromatic nitrogens is 3. The number of nitrogens with one attached hydrogen (secondary N) is 1. The molecule has 166 valence electrons. The van der Waals surface area contributed by atoms with E-state index in [2.05, 4.69) is 15.0 Å². The van der Waals surface area contributed by atoms with Gasteiger partial charge < -0.3 is 4.98 Å². The fourth-order valence-corrected chi connectivity index (χ4v) is 4.74. The van der Waals surface area contributed by atoms with Crippen LogP contribution in [0, 0.1) is 0 Å². The molecule has 0 saturated heterocycles. The molecule has 0 radical (unpaired) electrons. The van der Waals surface area contributed by atoms with Gasteiger partial charge in [0.1, 0.15) is 0 Å². The van der Waals surface area contributed by atoms with E-state index in [9.17, 15) is 8.42 Å². The molecule has 8 nitrogen and oxygen atoms in total. The molecule has 2 aromatic carbocycles. The molecule has 3 heterocycles. The molecule has 0 bridgehead atoms. The highest BCUT2D eigenvalue weighted by molar-refractivity contribution is 7.90. The largest absolute Gasteiger partial charge is 0.345 e. The Balaban J connectivity index is 1.77. The SMILES string of the molecule is CC1=NC(N)(c2cccc(S(C)(=O)=O)c2)N(c2ccc3[nH]cnc3c2)C(c2cccnc2)=C1. The van der Waals surface area contributed by atoms with Crippen LogP contribution in [0.25, 0.3) is 16.7 Å². The van der Waals surface area contributed by atoms with Crippen LogP contribution in [0.4, 0.5) is 5.69 Å². The predicted molar refractivity (Wildman–Crippen MR) is 129 cm³/mol. The van der Waals surface area contributed by atoms with Crippen LogP contribution in [0.3, 0.4) is 0 Å². The first-order valence-corrected chi connectivity index (χ1v) is 12.2. The number of nitrogens with two attached hydrogens (primary N) is 1. The first-order chi connectivity index (χ1) is 15.8. The van der Waals surface area contributed by atoms with Crippen molar-refractivity contribution in [3.63, 3.8) is 0 Å². The lowest BCUT2D eigenvalue weighted by Gasteiger charge is -2.43. The Kier molecular flexibility index (Phi) is 4.88. The molecule has 9 heteroatoms. The predicted octanol–water partition coefficient (Wildman–Crippen LogP) is 3.45. The summed E-state index contributed by atoms with van der Waals surface area (Å²) in [4.78, 5) is 18.6. The molecule has 0 saturated carbocycles. The zero-order valence-electron chi connectivity index (χ0n) is 18.1. The molecule has 5 rings (SSSR count). The van der Waals surface area contributed by atoms with Crippen LogP contribution in [-0.2, 0) is 15.6 Å². The Hall–Kier alpha value is -3.82. The number of pyridine rings is 1. The van der Waals surface area contributed by atoms with Crippen LogP contribution in [0.2, 0.25) is 0 Å². The molecule has 1 unspecified atom stereocenters. The van der Waals surface area contributed by atoms with Gasteiger partial charge in [-0.2, -0.15) is 0 Å². The summed E-state index contributed by atoms with van der Waals surface area (Å²) in [6.07, 6.45) is 8.22. The van der Waals surface area contributed by atoms with Crippen LogP contribution in [0.1, 0.15) is 18.1 Å². The maximum absolute atomic E-state index is 12.3. The summed E-state index contributed by atoms with van der Waals surface area (Å²) in [7, 11) is -3.43. The second-order valence-electron chi connectivity index (χ2n) is 7.99. The fraction of sp³-hybridized carbons (Fsp3) is 0.125. The average molecular weight is 459 g/mol. The molecule has 0 spiro atoms. The summed E-state index contributed by atoms with van der Waals surface area (Å²) >= 11 is 0. The summed E-state index contributed by atoms with van der Waals surface area (Å²) in [5, 5.41) is 0. The van der Waals surface area contributed by atoms with Gasteiger partial charge in [0.25, 0.3) is 0 Å². The van der Waals surface area contributed by atoms with Crippen molar-refractivity contribution in [3.8, 4) is 0 Å². The lowest BCUT2D eigenvalue weighted by molar-refractivity contribution is 0.476. The Morgan fingerprint density at radius 1 is 1.09 bits per heavy atom. The third-order valence-corrected chi connectivity index (χ3v) is 6.69. The van der Waals surface area contributed by atoms with E-state index in [0.717, 1.165) is 28.0 Å². The topological polar surface area (TPSA) is 117 Å². The number of hydrogen-bond acceptors (Lipinski definition) is 7. The first-order valence-electron chi connectivity index (χ1n) is 10.3. The summed E-state index contributed by atoms with van der Waals surface area (Å²) in [6.45, 7) is 1.87. The number of anilines is 1. The van der Waals surface area contributed by atoms with Crippen LogP contribution < -0.4 is 10.6 Å². The van der Waals surface area contributed by atoms with E-state index in [-0.39, 0.29) is 4.90 Å². The lowest BCUT2D eigenvalue weighted by atomic mass is 9.99. The van der Waals surface area contributed by atoms with Gasteiger partial charge in [-0.15, -0.1) is 0 Å². The van der Waals surface area contributed by atoms with Crippen molar-refractivity contribution in [1.29, 1.82) is 0 Å². The number of benzene rings is 2. The van der Waals surface area contributed by atoms with E-state index in [1.54, 1.807) is 43.0 Å². The molecule has 1 atom stereocenters. The molecule has 0 aliphatic carbocycles. The Morgan fingerprint density at radius 3 is 2.70 bits per heavy atom. The normalized spacial score (nSPS) is 18.8. The minimum Gasteiger partial charge on any atom is -0.345 e. The highest BCUT2D eigenvalue weighted by Crippen LogP contribution is 2.41. The maximum atomic E-state index is 12.3. The van der Waals surface area contributed by atoms with Gasteiger partial charge in [0.05, 0.1) is 28.0 Å². The Morgan fingerprint density at radius 2 is 1.94 bits per heavy atom. The summed E-state index contributed by atoms with van der Waals surface area (Å²) in [5.74, 6) is -1.41. The molecule has 1 aliphatic rings. The van der Waals surface area contributed by atoms with Gasteiger partial charge in [-0.25, -0.2) is 18.4 Å². The van der Waals surface area contributed by atoms with Gasteiger partial charge in [-0.1, -0.05) is 12.1 Å². The number of rotatable bonds is 4. The molecule has 2 aromatic heterocycles. The second-order valence-corrected chi connectivity index (χ2v) is 10.0.